The Morgan fingerprint density at radius 1 is 1.32 bits per heavy atom. The molecule has 0 aromatic heterocycles. The summed E-state index contributed by atoms with van der Waals surface area (Å²) in [5.41, 5.74) is 0. The number of nitrogens with zero attached hydrogens (tertiary/aromatic N) is 2. The maximum absolute atomic E-state index is 11.7. The second kappa shape index (κ2) is 11.3. The summed E-state index contributed by atoms with van der Waals surface area (Å²) in [5.74, 6) is 1.05. The van der Waals surface area contributed by atoms with Crippen molar-refractivity contribution in [1.29, 1.82) is 0 Å². The highest BCUT2D eigenvalue weighted by atomic mass is 16.5. The maximum Gasteiger partial charge on any atom is 0.222 e. The number of hydrogen-bond donors (Lipinski definition) is 2. The van der Waals surface area contributed by atoms with Crippen LogP contribution in [-0.4, -0.2) is 62.2 Å². The number of unbranched alkanes of at least 4 members (excludes halogenated alkanes) is 1. The highest BCUT2D eigenvalue weighted by molar-refractivity contribution is 5.80. The molecular weight excluding hydrogens is 280 g/mol. The molecule has 1 saturated heterocycles. The van der Waals surface area contributed by atoms with Crippen molar-refractivity contribution in [2.24, 2.45) is 4.99 Å². The first-order chi connectivity index (χ1) is 10.7. The Bertz CT molecular complexity index is 347. The van der Waals surface area contributed by atoms with Crippen LogP contribution >= 0.6 is 0 Å². The molecule has 6 nitrogen and oxygen atoms in total. The third kappa shape index (κ3) is 7.11. The first-order valence-electron chi connectivity index (χ1n) is 8.61. The molecule has 1 unspecified atom stereocenters. The molecule has 6 heteroatoms. The molecule has 2 N–H and O–H groups in total. The van der Waals surface area contributed by atoms with Crippen LogP contribution in [0.4, 0.5) is 0 Å². The van der Waals surface area contributed by atoms with Crippen LogP contribution < -0.4 is 10.6 Å². The Hall–Kier alpha value is -1.30. The monoisotopic (exact) mass is 312 g/mol. The molecule has 1 heterocycles. The van der Waals surface area contributed by atoms with E-state index in [2.05, 4.69) is 29.5 Å². The van der Waals surface area contributed by atoms with E-state index in [1.807, 2.05) is 11.8 Å². The smallest absolute Gasteiger partial charge is 0.222 e. The number of carbonyl (C=O) groups excluding carboxylic acids is 1. The third-order valence-corrected chi connectivity index (χ3v) is 3.68. The van der Waals surface area contributed by atoms with E-state index in [-0.39, 0.29) is 11.9 Å². The molecule has 0 spiro atoms. The van der Waals surface area contributed by atoms with Gasteiger partial charge in [0.15, 0.2) is 5.96 Å². The van der Waals surface area contributed by atoms with Crippen molar-refractivity contribution in [3.63, 3.8) is 0 Å². The summed E-state index contributed by atoms with van der Waals surface area (Å²) in [7, 11) is 0. The topological polar surface area (TPSA) is 66.0 Å². The van der Waals surface area contributed by atoms with Gasteiger partial charge in [0.2, 0.25) is 5.91 Å². The van der Waals surface area contributed by atoms with Gasteiger partial charge in [-0.2, -0.15) is 0 Å². The SMILES string of the molecule is CCCCOCCN=C(NCC)NC1CCN(C(=O)CC)C1. The van der Waals surface area contributed by atoms with Gasteiger partial charge in [0.25, 0.3) is 0 Å². The van der Waals surface area contributed by atoms with Crippen molar-refractivity contribution in [2.75, 3.05) is 39.4 Å². The summed E-state index contributed by atoms with van der Waals surface area (Å²) < 4.78 is 5.52. The summed E-state index contributed by atoms with van der Waals surface area (Å²) in [6, 6.07) is 0.286. The van der Waals surface area contributed by atoms with Crippen LogP contribution in [0, 0.1) is 0 Å². The Kier molecular flexibility index (Phi) is 9.62. The maximum atomic E-state index is 11.7. The zero-order valence-electron chi connectivity index (χ0n) is 14.4. The molecule has 1 amide bonds. The normalized spacial score (nSPS) is 18.6. The van der Waals surface area contributed by atoms with Crippen molar-refractivity contribution in [3.05, 3.63) is 0 Å². The second-order valence-electron chi connectivity index (χ2n) is 5.55. The predicted molar refractivity (Wildman–Crippen MR) is 90.1 cm³/mol. The van der Waals surface area contributed by atoms with Gasteiger partial charge in [-0.05, 0) is 19.8 Å². The first-order valence-corrected chi connectivity index (χ1v) is 8.61. The van der Waals surface area contributed by atoms with E-state index in [0.29, 0.717) is 19.6 Å². The number of amides is 1. The zero-order chi connectivity index (χ0) is 16.2. The van der Waals surface area contributed by atoms with Crippen molar-refractivity contribution in [2.45, 2.75) is 52.5 Å². The van der Waals surface area contributed by atoms with Crippen LogP contribution in [0.3, 0.4) is 0 Å². The average molecular weight is 312 g/mol. The average Bonchev–Trinajstić information content (AvgIpc) is 2.98. The van der Waals surface area contributed by atoms with Gasteiger partial charge in [0, 0.05) is 38.7 Å². The summed E-state index contributed by atoms with van der Waals surface area (Å²) in [5, 5.41) is 6.67. The van der Waals surface area contributed by atoms with Crippen LogP contribution in [0.1, 0.15) is 46.5 Å². The number of guanidine groups is 1. The number of hydrogen-bond acceptors (Lipinski definition) is 3. The van der Waals surface area contributed by atoms with E-state index < -0.39 is 0 Å². The molecule has 0 saturated carbocycles. The van der Waals surface area contributed by atoms with Crippen molar-refractivity contribution in [1.82, 2.24) is 15.5 Å². The van der Waals surface area contributed by atoms with Crippen LogP contribution in [0.5, 0.6) is 0 Å². The number of aliphatic imine (C=N–C) groups is 1. The Labute approximate surface area is 134 Å². The number of rotatable bonds is 9. The quantitative estimate of drug-likeness (QED) is 0.383. The van der Waals surface area contributed by atoms with Crippen molar-refractivity contribution in [3.8, 4) is 0 Å². The van der Waals surface area contributed by atoms with Crippen LogP contribution in [0.25, 0.3) is 0 Å². The van der Waals surface area contributed by atoms with Crippen molar-refractivity contribution >= 4 is 11.9 Å². The molecule has 0 bridgehead atoms. The fourth-order valence-electron chi connectivity index (χ4n) is 2.41. The lowest BCUT2D eigenvalue weighted by molar-refractivity contribution is -0.129. The van der Waals surface area contributed by atoms with E-state index in [1.165, 1.54) is 0 Å². The molecule has 22 heavy (non-hydrogen) atoms. The number of carbonyl (C=O) groups is 1. The van der Waals surface area contributed by atoms with Gasteiger partial charge < -0.3 is 20.3 Å². The van der Waals surface area contributed by atoms with Gasteiger partial charge in [-0.15, -0.1) is 0 Å². The summed E-state index contributed by atoms with van der Waals surface area (Å²) >= 11 is 0. The standard InChI is InChI=1S/C16H32N4O2/c1-4-7-11-22-12-9-18-16(17-6-3)19-14-8-10-20(13-14)15(21)5-2/h14H,4-13H2,1-3H3,(H2,17,18,19). The van der Waals surface area contributed by atoms with Gasteiger partial charge in [-0.25, -0.2) is 0 Å². The van der Waals surface area contributed by atoms with Crippen LogP contribution in [0.2, 0.25) is 0 Å². The van der Waals surface area contributed by atoms with Crippen molar-refractivity contribution < 1.29 is 9.53 Å². The van der Waals surface area contributed by atoms with E-state index in [4.69, 9.17) is 4.74 Å². The second-order valence-corrected chi connectivity index (χ2v) is 5.55. The largest absolute Gasteiger partial charge is 0.380 e. The van der Waals surface area contributed by atoms with Gasteiger partial charge >= 0.3 is 0 Å². The lowest BCUT2D eigenvalue weighted by atomic mass is 10.3. The molecule has 1 atom stereocenters. The fourth-order valence-corrected chi connectivity index (χ4v) is 2.41. The summed E-state index contributed by atoms with van der Waals surface area (Å²) in [6.45, 7) is 10.7. The highest BCUT2D eigenvalue weighted by Crippen LogP contribution is 2.10. The third-order valence-electron chi connectivity index (χ3n) is 3.68. The molecule has 128 valence electrons. The lowest BCUT2D eigenvalue weighted by Gasteiger charge is -2.18. The van der Waals surface area contributed by atoms with Gasteiger partial charge in [-0.1, -0.05) is 20.3 Å². The molecule has 0 aromatic carbocycles. The summed E-state index contributed by atoms with van der Waals surface area (Å²) in [6.07, 6.45) is 3.81. The number of nitrogens with one attached hydrogen (secondary N) is 2. The number of ether oxygens (including phenoxy) is 1. The van der Waals surface area contributed by atoms with E-state index in [1.54, 1.807) is 0 Å². The molecule has 1 rings (SSSR count). The minimum atomic E-state index is 0.232. The molecule has 1 aliphatic heterocycles. The highest BCUT2D eigenvalue weighted by Gasteiger charge is 2.25. The predicted octanol–water partition coefficient (Wildman–Crippen LogP) is 1.37. The number of likely N-dealkylation sites (tertiary alicyclic amines) is 1. The molecule has 1 aliphatic rings. The Morgan fingerprint density at radius 3 is 2.82 bits per heavy atom. The zero-order valence-corrected chi connectivity index (χ0v) is 14.4. The first kappa shape index (κ1) is 18.7. The molecule has 0 aromatic rings. The van der Waals surface area contributed by atoms with Crippen LogP contribution in [0.15, 0.2) is 4.99 Å². The van der Waals surface area contributed by atoms with E-state index in [9.17, 15) is 4.79 Å². The fraction of sp³-hybridized carbons (Fsp3) is 0.875. The van der Waals surface area contributed by atoms with E-state index in [0.717, 1.165) is 51.5 Å². The molecule has 0 aliphatic carbocycles. The van der Waals surface area contributed by atoms with Gasteiger partial charge in [0.1, 0.15) is 0 Å². The lowest BCUT2D eigenvalue weighted by Crippen LogP contribution is -2.45. The molecular formula is C16H32N4O2. The summed E-state index contributed by atoms with van der Waals surface area (Å²) in [4.78, 5) is 18.2. The van der Waals surface area contributed by atoms with E-state index >= 15 is 0 Å². The minimum Gasteiger partial charge on any atom is -0.380 e. The Balaban J connectivity index is 2.32. The van der Waals surface area contributed by atoms with Gasteiger partial charge in [-0.3, -0.25) is 9.79 Å². The van der Waals surface area contributed by atoms with Crippen LogP contribution in [-0.2, 0) is 9.53 Å². The van der Waals surface area contributed by atoms with Gasteiger partial charge in [0.05, 0.1) is 13.2 Å². The molecule has 0 radical (unpaired) electrons. The molecule has 1 fully saturated rings. The Morgan fingerprint density at radius 2 is 2.14 bits per heavy atom. The minimum absolute atomic E-state index is 0.232.